The fourth-order valence-corrected chi connectivity index (χ4v) is 4.14. The normalized spacial score (nSPS) is 13.8. The summed E-state index contributed by atoms with van der Waals surface area (Å²) in [7, 11) is 0. The van der Waals surface area contributed by atoms with E-state index < -0.39 is 5.82 Å². The molecule has 0 radical (unpaired) electrons. The topological polar surface area (TPSA) is 92.4 Å². The number of halogens is 1. The quantitative estimate of drug-likeness (QED) is 0.662. The number of pyridine rings is 2. The molecule has 1 saturated heterocycles. The van der Waals surface area contributed by atoms with Gasteiger partial charge < -0.3 is 15.5 Å². The molecule has 0 unspecified atom stereocenters. The summed E-state index contributed by atoms with van der Waals surface area (Å²) < 4.78 is 15.2. The smallest absolute Gasteiger partial charge is 0.256 e. The standard InChI is InChI=1S/C25H26FN5O2/c1-3-22-24(18-5-7-23(27)29-15-18)19(8-9-28-22)17-4-6-20(21(26)14-17)25(33)31-12-10-30(11-13-31)16(2)32/h4-9,14-15H,3,10-13H2,1-2H3,(H2,27,29). The zero-order valence-corrected chi connectivity index (χ0v) is 18.7. The predicted molar refractivity (Wildman–Crippen MR) is 125 cm³/mol. The second kappa shape index (κ2) is 9.36. The van der Waals surface area contributed by atoms with E-state index in [1.165, 1.54) is 19.1 Å². The van der Waals surface area contributed by atoms with Crippen LogP contribution in [0.25, 0.3) is 22.3 Å². The zero-order chi connectivity index (χ0) is 23.5. The van der Waals surface area contributed by atoms with Gasteiger partial charge in [0.1, 0.15) is 11.6 Å². The highest BCUT2D eigenvalue weighted by atomic mass is 19.1. The maximum absolute atomic E-state index is 15.2. The molecule has 1 fully saturated rings. The van der Waals surface area contributed by atoms with Gasteiger partial charge in [-0.1, -0.05) is 13.0 Å². The van der Waals surface area contributed by atoms with Gasteiger partial charge in [-0.2, -0.15) is 0 Å². The van der Waals surface area contributed by atoms with E-state index in [0.29, 0.717) is 44.0 Å². The van der Waals surface area contributed by atoms with Gasteiger partial charge in [-0.05, 0) is 47.9 Å². The molecule has 3 aromatic rings. The second-order valence-corrected chi connectivity index (χ2v) is 8.00. The number of nitrogens with two attached hydrogens (primary N) is 1. The number of aryl methyl sites for hydroxylation is 1. The fraction of sp³-hybridized carbons (Fsp3) is 0.280. The van der Waals surface area contributed by atoms with Crippen LogP contribution in [0.1, 0.15) is 29.9 Å². The van der Waals surface area contributed by atoms with Crippen molar-refractivity contribution in [2.75, 3.05) is 31.9 Å². The van der Waals surface area contributed by atoms with Crippen LogP contribution in [-0.2, 0) is 11.2 Å². The molecule has 0 aliphatic carbocycles. The van der Waals surface area contributed by atoms with E-state index >= 15 is 4.39 Å². The molecule has 2 amide bonds. The maximum atomic E-state index is 15.2. The average molecular weight is 448 g/mol. The molecule has 3 heterocycles. The lowest BCUT2D eigenvalue weighted by molar-refractivity contribution is -0.130. The van der Waals surface area contributed by atoms with Crippen molar-refractivity contribution < 1.29 is 14.0 Å². The summed E-state index contributed by atoms with van der Waals surface area (Å²) in [6.07, 6.45) is 4.08. The van der Waals surface area contributed by atoms with E-state index in [-0.39, 0.29) is 17.4 Å². The summed E-state index contributed by atoms with van der Waals surface area (Å²) in [6.45, 7) is 5.20. The number of nitrogens with zero attached hydrogens (tertiary/aromatic N) is 4. The Labute approximate surface area is 192 Å². The van der Waals surface area contributed by atoms with Crippen molar-refractivity contribution in [2.45, 2.75) is 20.3 Å². The molecule has 2 aromatic heterocycles. The molecule has 0 saturated carbocycles. The van der Waals surface area contributed by atoms with Crippen LogP contribution in [0.3, 0.4) is 0 Å². The first kappa shape index (κ1) is 22.4. The van der Waals surface area contributed by atoms with Gasteiger partial charge in [0.05, 0.1) is 5.56 Å². The van der Waals surface area contributed by atoms with Crippen molar-refractivity contribution in [1.29, 1.82) is 0 Å². The van der Waals surface area contributed by atoms with Crippen molar-refractivity contribution in [3.05, 3.63) is 65.9 Å². The molecule has 0 spiro atoms. The summed E-state index contributed by atoms with van der Waals surface area (Å²) in [4.78, 5) is 36.4. The van der Waals surface area contributed by atoms with Crippen LogP contribution >= 0.6 is 0 Å². The first-order valence-electron chi connectivity index (χ1n) is 10.9. The Morgan fingerprint density at radius 2 is 1.70 bits per heavy atom. The Morgan fingerprint density at radius 3 is 2.30 bits per heavy atom. The predicted octanol–water partition coefficient (Wildman–Crippen LogP) is 3.40. The number of carbonyl (C=O) groups excluding carboxylic acids is 2. The molecule has 170 valence electrons. The molecular formula is C25H26FN5O2. The van der Waals surface area contributed by atoms with Gasteiger partial charge in [-0.15, -0.1) is 0 Å². The number of aromatic nitrogens is 2. The molecule has 4 rings (SSSR count). The van der Waals surface area contributed by atoms with Crippen molar-refractivity contribution in [2.24, 2.45) is 0 Å². The van der Waals surface area contributed by atoms with Crippen LogP contribution in [-0.4, -0.2) is 57.8 Å². The van der Waals surface area contributed by atoms with Crippen molar-refractivity contribution >= 4 is 17.6 Å². The summed E-state index contributed by atoms with van der Waals surface area (Å²) in [5.41, 5.74) is 9.79. The molecule has 1 aromatic carbocycles. The van der Waals surface area contributed by atoms with Gasteiger partial charge in [0.15, 0.2) is 0 Å². The third-order valence-electron chi connectivity index (χ3n) is 5.96. The molecular weight excluding hydrogens is 421 g/mol. The Balaban J connectivity index is 1.66. The molecule has 2 N–H and O–H groups in total. The van der Waals surface area contributed by atoms with Crippen molar-refractivity contribution in [3.63, 3.8) is 0 Å². The Kier molecular flexibility index (Phi) is 6.35. The highest BCUT2D eigenvalue weighted by molar-refractivity contribution is 5.96. The van der Waals surface area contributed by atoms with Gasteiger partial charge in [-0.25, -0.2) is 9.37 Å². The highest BCUT2D eigenvalue weighted by Crippen LogP contribution is 2.35. The third kappa shape index (κ3) is 4.55. The van der Waals surface area contributed by atoms with Crippen LogP contribution in [0.4, 0.5) is 10.2 Å². The summed E-state index contributed by atoms with van der Waals surface area (Å²) in [5, 5.41) is 0. The minimum atomic E-state index is -0.581. The summed E-state index contributed by atoms with van der Waals surface area (Å²) >= 11 is 0. The van der Waals surface area contributed by atoms with E-state index in [2.05, 4.69) is 9.97 Å². The molecule has 7 nitrogen and oxygen atoms in total. The minimum Gasteiger partial charge on any atom is -0.384 e. The molecule has 1 aliphatic rings. The number of hydrogen-bond acceptors (Lipinski definition) is 5. The van der Waals surface area contributed by atoms with E-state index in [9.17, 15) is 9.59 Å². The summed E-state index contributed by atoms with van der Waals surface area (Å²) in [6, 6.07) is 10.1. The van der Waals surface area contributed by atoms with Gasteiger partial charge >= 0.3 is 0 Å². The Bertz CT molecular complexity index is 1190. The van der Waals surface area contributed by atoms with Gasteiger partial charge in [0, 0.05) is 62.3 Å². The van der Waals surface area contributed by atoms with Crippen molar-refractivity contribution in [1.82, 2.24) is 19.8 Å². The average Bonchev–Trinajstić information content (AvgIpc) is 2.83. The molecule has 0 bridgehead atoms. The number of piperazine rings is 1. The number of hydrogen-bond donors (Lipinski definition) is 1. The van der Waals surface area contributed by atoms with E-state index in [4.69, 9.17) is 5.73 Å². The van der Waals surface area contributed by atoms with Gasteiger partial charge in [0.25, 0.3) is 5.91 Å². The monoisotopic (exact) mass is 447 g/mol. The number of benzene rings is 1. The first-order valence-corrected chi connectivity index (χ1v) is 10.9. The minimum absolute atomic E-state index is 0.0199. The van der Waals surface area contributed by atoms with Crippen molar-refractivity contribution in [3.8, 4) is 22.3 Å². The number of carbonyl (C=O) groups is 2. The second-order valence-electron chi connectivity index (χ2n) is 8.00. The molecule has 1 aliphatic heterocycles. The number of amides is 2. The lowest BCUT2D eigenvalue weighted by Gasteiger charge is -2.34. The van der Waals surface area contributed by atoms with E-state index in [0.717, 1.165) is 22.4 Å². The van der Waals surface area contributed by atoms with E-state index in [1.807, 2.05) is 19.1 Å². The Hall–Kier alpha value is -3.81. The van der Waals surface area contributed by atoms with E-state index in [1.54, 1.807) is 34.3 Å². The Morgan fingerprint density at radius 1 is 1.00 bits per heavy atom. The van der Waals surface area contributed by atoms with Crippen LogP contribution in [0.5, 0.6) is 0 Å². The number of nitrogen functional groups attached to an aromatic ring is 1. The van der Waals surface area contributed by atoms with Crippen LogP contribution in [0, 0.1) is 5.82 Å². The summed E-state index contributed by atoms with van der Waals surface area (Å²) in [5.74, 6) is -0.550. The highest BCUT2D eigenvalue weighted by Gasteiger charge is 2.25. The maximum Gasteiger partial charge on any atom is 0.256 e. The van der Waals surface area contributed by atoms with Gasteiger partial charge in [-0.3, -0.25) is 14.6 Å². The molecule has 0 atom stereocenters. The van der Waals surface area contributed by atoms with Crippen LogP contribution < -0.4 is 5.73 Å². The number of anilines is 1. The zero-order valence-electron chi connectivity index (χ0n) is 18.7. The third-order valence-corrected chi connectivity index (χ3v) is 5.96. The molecule has 33 heavy (non-hydrogen) atoms. The lowest BCUT2D eigenvalue weighted by Crippen LogP contribution is -2.50. The number of rotatable bonds is 4. The lowest BCUT2D eigenvalue weighted by atomic mass is 9.93. The fourth-order valence-electron chi connectivity index (χ4n) is 4.14. The molecule has 8 heteroatoms. The first-order chi connectivity index (χ1) is 15.9. The van der Waals surface area contributed by atoms with Crippen LogP contribution in [0.2, 0.25) is 0 Å². The largest absolute Gasteiger partial charge is 0.384 e. The van der Waals surface area contributed by atoms with Gasteiger partial charge in [0.2, 0.25) is 5.91 Å². The SMILES string of the molecule is CCc1nccc(-c2ccc(C(=O)N3CCN(C(C)=O)CC3)c(F)c2)c1-c1ccc(N)nc1. The van der Waals surface area contributed by atoms with Crippen LogP contribution in [0.15, 0.2) is 48.8 Å².